The molecule has 0 radical (unpaired) electrons. The van der Waals surface area contributed by atoms with Gasteiger partial charge in [-0.05, 0) is 61.7 Å². The molecule has 0 bridgehead atoms. The van der Waals surface area contributed by atoms with Crippen LogP contribution in [0.2, 0.25) is 0 Å². The number of carbonyl (C=O) groups is 1. The normalized spacial score (nSPS) is 14.8. The van der Waals surface area contributed by atoms with Gasteiger partial charge in [0.1, 0.15) is 12.3 Å². The summed E-state index contributed by atoms with van der Waals surface area (Å²) in [5.74, 6) is -0.385. The Kier molecular flexibility index (Phi) is 7.72. The maximum absolute atomic E-state index is 12.9. The Morgan fingerprint density at radius 2 is 1.79 bits per heavy atom. The molecule has 1 aliphatic rings. The topological polar surface area (TPSA) is 113 Å². The maximum Gasteiger partial charge on any atom is 0.245 e. The number of amides is 1. The molecule has 1 heterocycles. The molecule has 1 aliphatic heterocycles. The first-order chi connectivity index (χ1) is 15.4. The van der Waals surface area contributed by atoms with Crippen LogP contribution in [0.25, 0.3) is 0 Å². The van der Waals surface area contributed by atoms with Crippen molar-refractivity contribution in [2.24, 2.45) is 0 Å². The highest BCUT2D eigenvalue weighted by Crippen LogP contribution is 2.30. The molecule has 1 fully saturated rings. The summed E-state index contributed by atoms with van der Waals surface area (Å²) in [6.45, 7) is 2.22. The number of benzene rings is 2. The molecule has 0 atom stereocenters. The Morgan fingerprint density at radius 1 is 1.12 bits per heavy atom. The third-order valence-corrected chi connectivity index (χ3v) is 9.19. The molecule has 180 valence electrons. The first-order valence-corrected chi connectivity index (χ1v) is 14.2. The second kappa shape index (κ2) is 10.00. The maximum atomic E-state index is 12.9. The molecule has 0 saturated carbocycles. The summed E-state index contributed by atoms with van der Waals surface area (Å²) in [7, 11) is -6.08. The van der Waals surface area contributed by atoms with E-state index >= 15 is 0 Å². The molecule has 0 aliphatic carbocycles. The Bertz CT molecular complexity index is 1260. The number of sulfonamides is 2. The number of nitrogens with zero attached hydrogens (tertiary/aromatic N) is 2. The van der Waals surface area contributed by atoms with Crippen LogP contribution in [-0.4, -0.2) is 60.0 Å². The fourth-order valence-corrected chi connectivity index (χ4v) is 6.17. The van der Waals surface area contributed by atoms with E-state index in [1.165, 1.54) is 29.6 Å². The summed E-state index contributed by atoms with van der Waals surface area (Å²) in [5.41, 5.74) is 1.29. The zero-order valence-corrected chi connectivity index (χ0v) is 21.8. The molecular formula is C21H26BrN3O6S2. The lowest BCUT2D eigenvalue weighted by Gasteiger charge is -2.23. The quantitative estimate of drug-likeness (QED) is 0.532. The van der Waals surface area contributed by atoms with E-state index in [-0.39, 0.29) is 16.3 Å². The number of methoxy groups -OCH3 is 1. The van der Waals surface area contributed by atoms with Crippen LogP contribution in [0.1, 0.15) is 18.4 Å². The number of carbonyl (C=O) groups excluding carboxylic acids is 1. The largest absolute Gasteiger partial charge is 0.495 e. The van der Waals surface area contributed by atoms with Crippen LogP contribution < -0.4 is 14.4 Å². The van der Waals surface area contributed by atoms with E-state index in [9.17, 15) is 21.6 Å². The highest BCUT2D eigenvalue weighted by molar-refractivity contribution is 9.10. The van der Waals surface area contributed by atoms with Gasteiger partial charge in [0.15, 0.2) is 0 Å². The molecule has 9 nitrogen and oxygen atoms in total. The highest BCUT2D eigenvalue weighted by Gasteiger charge is 2.28. The Hall–Kier alpha value is -2.15. The van der Waals surface area contributed by atoms with Gasteiger partial charge >= 0.3 is 0 Å². The van der Waals surface area contributed by atoms with Crippen LogP contribution in [-0.2, 0) is 24.8 Å². The van der Waals surface area contributed by atoms with Crippen molar-refractivity contribution in [3.05, 3.63) is 46.4 Å². The minimum Gasteiger partial charge on any atom is -0.495 e. The van der Waals surface area contributed by atoms with Crippen molar-refractivity contribution in [2.75, 3.05) is 42.6 Å². The van der Waals surface area contributed by atoms with Crippen LogP contribution in [0, 0.1) is 6.92 Å². The van der Waals surface area contributed by atoms with Crippen LogP contribution in [0.4, 0.5) is 11.4 Å². The number of ether oxygens (including phenoxy) is 1. The second-order valence-electron chi connectivity index (χ2n) is 7.72. The van der Waals surface area contributed by atoms with Gasteiger partial charge in [0.05, 0.1) is 29.6 Å². The van der Waals surface area contributed by atoms with E-state index in [0.29, 0.717) is 18.8 Å². The zero-order valence-electron chi connectivity index (χ0n) is 18.5. The molecule has 0 aromatic heterocycles. The molecule has 0 spiro atoms. The Balaban J connectivity index is 1.88. The number of hydrogen-bond donors (Lipinski definition) is 1. The summed E-state index contributed by atoms with van der Waals surface area (Å²) in [4.78, 5) is 12.9. The smallest absolute Gasteiger partial charge is 0.245 e. The summed E-state index contributed by atoms with van der Waals surface area (Å²) in [5, 5.41) is 2.60. The molecule has 1 N–H and O–H groups in total. The predicted octanol–water partition coefficient (Wildman–Crippen LogP) is 2.96. The highest BCUT2D eigenvalue weighted by atomic mass is 79.9. The molecule has 2 aromatic rings. The number of rotatable bonds is 8. The van der Waals surface area contributed by atoms with E-state index in [2.05, 4.69) is 21.2 Å². The number of hydrogen-bond acceptors (Lipinski definition) is 6. The van der Waals surface area contributed by atoms with Gasteiger partial charge in [-0.2, -0.15) is 4.31 Å². The van der Waals surface area contributed by atoms with Gasteiger partial charge in [0.25, 0.3) is 0 Å². The zero-order chi connectivity index (χ0) is 24.4. The van der Waals surface area contributed by atoms with Crippen LogP contribution in [0.5, 0.6) is 5.75 Å². The molecule has 1 saturated heterocycles. The van der Waals surface area contributed by atoms with Crippen molar-refractivity contribution in [1.82, 2.24) is 4.31 Å². The van der Waals surface area contributed by atoms with Crippen molar-refractivity contribution in [3.8, 4) is 5.75 Å². The average Bonchev–Trinajstić information content (AvgIpc) is 3.29. The third-order valence-electron chi connectivity index (χ3n) is 5.26. The minimum atomic E-state index is -3.77. The van der Waals surface area contributed by atoms with Gasteiger partial charge in [-0.1, -0.05) is 15.9 Å². The third kappa shape index (κ3) is 5.86. The molecule has 12 heteroatoms. The molecule has 1 amide bonds. The number of anilines is 2. The Labute approximate surface area is 203 Å². The number of aryl methyl sites for hydroxylation is 1. The van der Waals surface area contributed by atoms with Gasteiger partial charge in [-0.25, -0.2) is 16.8 Å². The first kappa shape index (κ1) is 25.5. The Morgan fingerprint density at radius 3 is 2.36 bits per heavy atom. The van der Waals surface area contributed by atoms with E-state index in [1.54, 1.807) is 18.2 Å². The summed E-state index contributed by atoms with van der Waals surface area (Å²) < 4.78 is 59.1. The van der Waals surface area contributed by atoms with Gasteiger partial charge in [-0.3, -0.25) is 9.10 Å². The summed E-state index contributed by atoms with van der Waals surface area (Å²) in [6, 6.07) is 9.17. The van der Waals surface area contributed by atoms with Crippen molar-refractivity contribution in [2.45, 2.75) is 24.7 Å². The number of halogens is 1. The van der Waals surface area contributed by atoms with E-state index in [0.717, 1.165) is 33.4 Å². The molecule has 0 unspecified atom stereocenters. The fourth-order valence-electron chi connectivity index (χ4n) is 3.53. The standard InChI is InChI=1S/C21H26BrN3O6S2/c1-15-12-16(6-8-18(15)22)25(32(3,27)28)14-21(26)23-19-13-17(7-9-20(19)31-2)33(29,30)24-10-4-5-11-24/h6-9,12-13H,4-5,10-11,14H2,1-3H3,(H,23,26). The molecule has 33 heavy (non-hydrogen) atoms. The van der Waals surface area contributed by atoms with Crippen LogP contribution in [0.3, 0.4) is 0 Å². The van der Waals surface area contributed by atoms with E-state index < -0.39 is 32.5 Å². The summed E-state index contributed by atoms with van der Waals surface area (Å²) >= 11 is 3.37. The van der Waals surface area contributed by atoms with Gasteiger partial charge in [0, 0.05) is 17.6 Å². The van der Waals surface area contributed by atoms with E-state index in [4.69, 9.17) is 4.74 Å². The number of nitrogens with one attached hydrogen (secondary N) is 1. The fraction of sp³-hybridized carbons (Fsp3) is 0.381. The van der Waals surface area contributed by atoms with Crippen molar-refractivity contribution in [3.63, 3.8) is 0 Å². The average molecular weight is 560 g/mol. The van der Waals surface area contributed by atoms with Crippen molar-refractivity contribution in [1.29, 1.82) is 0 Å². The molecule has 3 rings (SSSR count). The molecule has 2 aromatic carbocycles. The van der Waals surface area contributed by atoms with Gasteiger partial charge in [-0.15, -0.1) is 0 Å². The van der Waals surface area contributed by atoms with Crippen molar-refractivity contribution < 1.29 is 26.4 Å². The summed E-state index contributed by atoms with van der Waals surface area (Å²) in [6.07, 6.45) is 2.62. The van der Waals surface area contributed by atoms with Gasteiger partial charge < -0.3 is 10.1 Å². The van der Waals surface area contributed by atoms with Crippen LogP contribution in [0.15, 0.2) is 45.8 Å². The SMILES string of the molecule is COc1ccc(S(=O)(=O)N2CCCC2)cc1NC(=O)CN(c1ccc(Br)c(C)c1)S(C)(=O)=O. The monoisotopic (exact) mass is 559 g/mol. The van der Waals surface area contributed by atoms with E-state index in [1.807, 2.05) is 6.92 Å². The first-order valence-electron chi connectivity index (χ1n) is 10.2. The molecular weight excluding hydrogens is 534 g/mol. The van der Waals surface area contributed by atoms with Crippen molar-refractivity contribution >= 4 is 53.3 Å². The lowest BCUT2D eigenvalue weighted by molar-refractivity contribution is -0.114. The second-order valence-corrected chi connectivity index (χ2v) is 12.4. The predicted molar refractivity (Wildman–Crippen MR) is 131 cm³/mol. The minimum absolute atomic E-state index is 0.0315. The lowest BCUT2D eigenvalue weighted by atomic mass is 10.2. The van der Waals surface area contributed by atoms with Gasteiger partial charge in [0.2, 0.25) is 26.0 Å². The van der Waals surface area contributed by atoms with Crippen LogP contribution >= 0.6 is 15.9 Å². The lowest BCUT2D eigenvalue weighted by Crippen LogP contribution is -2.37.